The molecular formula is C16H21F3N2O2. The van der Waals surface area contributed by atoms with E-state index in [4.69, 9.17) is 0 Å². The van der Waals surface area contributed by atoms with Crippen LogP contribution in [-0.2, 0) is 9.59 Å². The second-order valence-corrected chi connectivity index (χ2v) is 6.17. The fourth-order valence-corrected chi connectivity index (χ4v) is 2.06. The van der Waals surface area contributed by atoms with Crippen molar-refractivity contribution in [3.8, 4) is 0 Å². The highest BCUT2D eigenvalue weighted by atomic mass is 19.2. The lowest BCUT2D eigenvalue weighted by Gasteiger charge is -2.25. The van der Waals surface area contributed by atoms with Crippen molar-refractivity contribution < 1.29 is 22.8 Å². The standard InChI is InChI=1S/C16H21F3N2O2/c1-9(2)7-21(8-10(3)4)16(23)15(22)20-12-6-5-11(17)13(18)14(12)19/h5-6,9-10H,7-8H2,1-4H3,(H,20,22). The van der Waals surface area contributed by atoms with E-state index in [9.17, 15) is 22.8 Å². The van der Waals surface area contributed by atoms with Crippen molar-refractivity contribution >= 4 is 17.5 Å². The third-order valence-electron chi connectivity index (χ3n) is 2.94. The van der Waals surface area contributed by atoms with E-state index in [0.29, 0.717) is 19.2 Å². The van der Waals surface area contributed by atoms with Crippen LogP contribution in [-0.4, -0.2) is 29.8 Å². The summed E-state index contributed by atoms with van der Waals surface area (Å²) in [5.74, 6) is -6.24. The Labute approximate surface area is 133 Å². The second kappa shape index (κ2) is 7.99. The highest BCUT2D eigenvalue weighted by molar-refractivity contribution is 6.39. The molecule has 23 heavy (non-hydrogen) atoms. The predicted octanol–water partition coefficient (Wildman–Crippen LogP) is 3.18. The summed E-state index contributed by atoms with van der Waals surface area (Å²) in [7, 11) is 0. The zero-order valence-corrected chi connectivity index (χ0v) is 13.6. The zero-order valence-electron chi connectivity index (χ0n) is 13.6. The monoisotopic (exact) mass is 330 g/mol. The molecule has 128 valence electrons. The van der Waals surface area contributed by atoms with Crippen LogP contribution in [0, 0.1) is 29.3 Å². The molecule has 2 amide bonds. The first-order valence-electron chi connectivity index (χ1n) is 7.37. The van der Waals surface area contributed by atoms with Crippen molar-refractivity contribution in [2.24, 2.45) is 11.8 Å². The Balaban J connectivity index is 2.90. The number of carbonyl (C=O) groups is 2. The predicted molar refractivity (Wildman–Crippen MR) is 81.2 cm³/mol. The number of nitrogens with one attached hydrogen (secondary N) is 1. The van der Waals surface area contributed by atoms with Gasteiger partial charge in [-0.3, -0.25) is 9.59 Å². The zero-order chi connectivity index (χ0) is 17.7. The summed E-state index contributed by atoms with van der Waals surface area (Å²) in [5, 5.41) is 1.99. The number of amides is 2. The van der Waals surface area contributed by atoms with Gasteiger partial charge in [-0.05, 0) is 24.0 Å². The van der Waals surface area contributed by atoms with Crippen molar-refractivity contribution in [3.63, 3.8) is 0 Å². The molecule has 1 rings (SSSR count). The lowest BCUT2D eigenvalue weighted by atomic mass is 10.1. The molecule has 0 heterocycles. The Bertz CT molecular complexity index is 579. The number of halogens is 3. The Morgan fingerprint density at radius 1 is 1.00 bits per heavy atom. The molecule has 0 aliphatic rings. The highest BCUT2D eigenvalue weighted by Gasteiger charge is 2.25. The summed E-state index contributed by atoms with van der Waals surface area (Å²) in [6, 6.07) is 1.55. The first kappa shape index (κ1) is 19.0. The van der Waals surface area contributed by atoms with E-state index in [1.807, 2.05) is 33.0 Å². The largest absolute Gasteiger partial charge is 0.334 e. The van der Waals surface area contributed by atoms with Gasteiger partial charge in [0.15, 0.2) is 17.5 Å². The summed E-state index contributed by atoms with van der Waals surface area (Å²) in [6.07, 6.45) is 0. The van der Waals surface area contributed by atoms with Crippen LogP contribution in [0.25, 0.3) is 0 Å². The molecule has 1 aromatic carbocycles. The molecule has 0 saturated carbocycles. The van der Waals surface area contributed by atoms with Gasteiger partial charge >= 0.3 is 11.8 Å². The van der Waals surface area contributed by atoms with Crippen LogP contribution in [0.2, 0.25) is 0 Å². The number of nitrogens with zero attached hydrogens (tertiary/aromatic N) is 1. The minimum absolute atomic E-state index is 0.144. The van der Waals surface area contributed by atoms with Gasteiger partial charge in [0, 0.05) is 13.1 Å². The van der Waals surface area contributed by atoms with Crippen LogP contribution < -0.4 is 5.32 Å². The Morgan fingerprint density at radius 2 is 1.52 bits per heavy atom. The minimum atomic E-state index is -1.70. The van der Waals surface area contributed by atoms with Crippen molar-refractivity contribution in [2.45, 2.75) is 27.7 Å². The first-order valence-corrected chi connectivity index (χ1v) is 7.37. The molecule has 1 aromatic rings. The molecule has 0 saturated heterocycles. The maximum atomic E-state index is 13.6. The number of benzene rings is 1. The summed E-state index contributed by atoms with van der Waals surface area (Å²) >= 11 is 0. The molecule has 0 aliphatic carbocycles. The SMILES string of the molecule is CC(C)CN(CC(C)C)C(=O)C(=O)Nc1ccc(F)c(F)c1F. The lowest BCUT2D eigenvalue weighted by Crippen LogP contribution is -2.43. The molecular weight excluding hydrogens is 309 g/mol. The van der Waals surface area contributed by atoms with Crippen molar-refractivity contribution in [3.05, 3.63) is 29.6 Å². The topological polar surface area (TPSA) is 49.4 Å². The molecule has 0 fully saturated rings. The van der Waals surface area contributed by atoms with Gasteiger partial charge < -0.3 is 10.2 Å². The van der Waals surface area contributed by atoms with E-state index >= 15 is 0 Å². The van der Waals surface area contributed by atoms with Gasteiger partial charge in [-0.25, -0.2) is 13.2 Å². The van der Waals surface area contributed by atoms with Gasteiger partial charge in [0.25, 0.3) is 0 Å². The molecule has 7 heteroatoms. The van der Waals surface area contributed by atoms with Crippen LogP contribution in [0.15, 0.2) is 12.1 Å². The summed E-state index contributed by atoms with van der Waals surface area (Å²) < 4.78 is 39.6. The fraction of sp³-hybridized carbons (Fsp3) is 0.500. The number of carbonyl (C=O) groups excluding carboxylic acids is 2. The number of hydrogen-bond acceptors (Lipinski definition) is 2. The van der Waals surface area contributed by atoms with Gasteiger partial charge in [-0.2, -0.15) is 0 Å². The third-order valence-corrected chi connectivity index (χ3v) is 2.94. The molecule has 0 atom stereocenters. The van der Waals surface area contributed by atoms with E-state index in [1.54, 1.807) is 0 Å². The smallest absolute Gasteiger partial charge is 0.313 e. The molecule has 0 aliphatic heterocycles. The number of hydrogen-bond donors (Lipinski definition) is 1. The van der Waals surface area contributed by atoms with Gasteiger partial charge in [0.05, 0.1) is 5.69 Å². The van der Waals surface area contributed by atoms with E-state index in [-0.39, 0.29) is 11.8 Å². The maximum absolute atomic E-state index is 13.6. The Kier molecular flexibility index (Phi) is 6.60. The molecule has 0 unspecified atom stereocenters. The average Bonchev–Trinajstić information content (AvgIpc) is 2.45. The van der Waals surface area contributed by atoms with Crippen LogP contribution in [0.5, 0.6) is 0 Å². The Hall–Kier alpha value is -2.05. The van der Waals surface area contributed by atoms with Crippen LogP contribution >= 0.6 is 0 Å². The first-order chi connectivity index (χ1) is 10.6. The van der Waals surface area contributed by atoms with Gasteiger partial charge in [0.2, 0.25) is 0 Å². The maximum Gasteiger partial charge on any atom is 0.313 e. The number of rotatable bonds is 5. The molecule has 4 nitrogen and oxygen atoms in total. The van der Waals surface area contributed by atoms with E-state index in [0.717, 1.165) is 6.07 Å². The molecule has 0 aromatic heterocycles. The van der Waals surface area contributed by atoms with E-state index in [1.165, 1.54) is 4.90 Å². The summed E-state index contributed by atoms with van der Waals surface area (Å²) in [6.45, 7) is 8.32. The van der Waals surface area contributed by atoms with E-state index in [2.05, 4.69) is 0 Å². The molecule has 0 spiro atoms. The van der Waals surface area contributed by atoms with E-state index < -0.39 is 35.0 Å². The van der Waals surface area contributed by atoms with Gasteiger partial charge in [-0.1, -0.05) is 27.7 Å². The quantitative estimate of drug-likeness (QED) is 0.666. The third kappa shape index (κ3) is 5.26. The van der Waals surface area contributed by atoms with Crippen molar-refractivity contribution in [1.82, 2.24) is 4.90 Å². The Morgan fingerprint density at radius 3 is 2.00 bits per heavy atom. The van der Waals surface area contributed by atoms with Crippen molar-refractivity contribution in [1.29, 1.82) is 0 Å². The second-order valence-electron chi connectivity index (χ2n) is 6.17. The molecule has 1 N–H and O–H groups in total. The number of anilines is 1. The lowest BCUT2D eigenvalue weighted by molar-refractivity contribution is -0.143. The van der Waals surface area contributed by atoms with Crippen LogP contribution in [0.1, 0.15) is 27.7 Å². The van der Waals surface area contributed by atoms with Crippen molar-refractivity contribution in [2.75, 3.05) is 18.4 Å². The normalized spacial score (nSPS) is 11.0. The van der Waals surface area contributed by atoms with Gasteiger partial charge in [-0.15, -0.1) is 0 Å². The molecule has 0 radical (unpaired) electrons. The van der Waals surface area contributed by atoms with Gasteiger partial charge in [0.1, 0.15) is 0 Å². The average molecular weight is 330 g/mol. The minimum Gasteiger partial charge on any atom is -0.334 e. The fourth-order valence-electron chi connectivity index (χ4n) is 2.06. The highest BCUT2D eigenvalue weighted by Crippen LogP contribution is 2.19. The van der Waals surface area contributed by atoms with Crippen LogP contribution in [0.3, 0.4) is 0 Å². The summed E-state index contributed by atoms with van der Waals surface area (Å²) in [4.78, 5) is 25.5. The summed E-state index contributed by atoms with van der Waals surface area (Å²) in [5.41, 5.74) is -0.573. The van der Waals surface area contributed by atoms with Crippen LogP contribution in [0.4, 0.5) is 18.9 Å². The molecule has 0 bridgehead atoms.